The van der Waals surface area contributed by atoms with Crippen LogP contribution in [0, 0.1) is 0 Å². The number of rotatable bonds is 22. The molecule has 4 aromatic rings. The second kappa shape index (κ2) is 25.1. The van der Waals surface area contributed by atoms with Gasteiger partial charge in [-0.3, -0.25) is 28.8 Å². The van der Waals surface area contributed by atoms with Gasteiger partial charge in [0.15, 0.2) is 23.8 Å². The number of hydrogen-bond donors (Lipinski definition) is 17. The van der Waals surface area contributed by atoms with Gasteiger partial charge in [-0.1, -0.05) is 54.6 Å². The van der Waals surface area contributed by atoms with Crippen molar-refractivity contribution in [3.63, 3.8) is 0 Å². The van der Waals surface area contributed by atoms with Crippen molar-refractivity contribution in [2.24, 2.45) is 71.6 Å². The van der Waals surface area contributed by atoms with Crippen molar-refractivity contribution >= 4 is 81.6 Å². The molecule has 30 nitrogen and oxygen atoms in total. The smallest absolute Gasteiger partial charge is 0.370 e. The Balaban J connectivity index is 1.76. The normalized spacial score (nSPS) is 13.6. The SMILES string of the molecule is NC(=O)C(N=C(N)N)NC(=O)C(N=C(N)N)NC(=O)C(N=C(N)N)NC(=O)C(N=C(N)N)NC(=O)C(NC(=O)C(O)N(Cc1ccc(NOO)cc1)c1cc(C(F)(F)F)nc2c(C(F)(F)F)cccc12)c1ccccc1. The van der Waals surface area contributed by atoms with Crippen LogP contribution in [0.15, 0.2) is 98.8 Å². The number of nitrogens with one attached hydrogen (secondary N) is 6. The maximum Gasteiger partial charge on any atom is 0.433 e. The van der Waals surface area contributed by atoms with E-state index in [9.17, 15) is 60.2 Å². The Labute approximate surface area is 422 Å². The summed E-state index contributed by atoms with van der Waals surface area (Å²) in [5.41, 5.74) is 45.2. The van der Waals surface area contributed by atoms with Crippen molar-refractivity contribution in [2.75, 3.05) is 10.4 Å². The van der Waals surface area contributed by atoms with Crippen LogP contribution in [-0.2, 0) is 52.7 Å². The van der Waals surface area contributed by atoms with Gasteiger partial charge in [0.1, 0.15) is 11.7 Å². The highest BCUT2D eigenvalue weighted by Gasteiger charge is 2.40. The maximum atomic E-state index is 14.4. The van der Waals surface area contributed by atoms with Gasteiger partial charge >= 0.3 is 12.4 Å². The summed E-state index contributed by atoms with van der Waals surface area (Å²) in [6, 6.07) is 12.2. The number of carbonyl (C=O) groups is 6. The summed E-state index contributed by atoms with van der Waals surface area (Å²) in [5.74, 6) is -12.1. The van der Waals surface area contributed by atoms with Gasteiger partial charge in [-0.2, -0.15) is 26.3 Å². The van der Waals surface area contributed by atoms with Crippen LogP contribution >= 0.6 is 0 Å². The summed E-state index contributed by atoms with van der Waals surface area (Å²) in [4.78, 5) is 103. The minimum absolute atomic E-state index is 0.0755. The molecule has 0 bridgehead atoms. The fraction of sp³-hybridized carbons (Fsp3) is 0.225. The number of benzene rings is 3. The Morgan fingerprint density at radius 3 is 1.51 bits per heavy atom. The van der Waals surface area contributed by atoms with E-state index in [4.69, 9.17) is 56.9 Å². The molecular formula is C40H47F6N21O9. The third-order valence-corrected chi connectivity index (χ3v) is 9.65. The molecule has 408 valence electrons. The number of aliphatic hydroxyl groups excluding tert-OH is 1. The number of nitrogens with zero attached hydrogens (tertiary/aromatic N) is 6. The van der Waals surface area contributed by atoms with E-state index >= 15 is 0 Å². The number of fused-ring (bicyclic) bond motifs is 1. The van der Waals surface area contributed by atoms with Crippen LogP contribution in [0.1, 0.15) is 28.4 Å². The molecule has 0 saturated carbocycles. The van der Waals surface area contributed by atoms with E-state index in [1.54, 1.807) is 0 Å². The number of halogens is 6. The van der Waals surface area contributed by atoms with Crippen LogP contribution in [-0.4, -0.2) is 106 Å². The van der Waals surface area contributed by atoms with Crippen LogP contribution in [0.4, 0.5) is 37.7 Å². The fourth-order valence-corrected chi connectivity index (χ4v) is 6.47. The first-order valence-electron chi connectivity index (χ1n) is 20.9. The van der Waals surface area contributed by atoms with E-state index in [-0.39, 0.29) is 22.9 Å². The quantitative estimate of drug-likeness (QED) is 0.00883. The standard InChI is InChI=1S/C40H47F6N21O9/c41-39(42,43)19-8-4-7-18-20(13-21(40(44,45)46)56-23(18)19)67(14-15-9-11-17(12-10-15)66-76-75)34(74)33(73)57-22(16-5-2-1-3-6-16)29(69)59-26(63-36(50)51)31(71)61-28(65-38(54)55)32(72)60-27(64-37(52)53)30(70)58-25(24(47)68)62-35(48)49/h1-13,22,25-28,34,66,74-75H,14H2,(H2,47,68)(H,57,73)(H,58,70)(H,59,69)(H,60,72)(H,61,71)(H4,48,49,62)(H4,50,51,63)(H4,52,53,64)(H4,54,55,65). The van der Waals surface area contributed by atoms with E-state index < -0.39 is 143 Å². The van der Waals surface area contributed by atoms with E-state index in [2.05, 4.69) is 46.1 Å². The number of pyridine rings is 1. The zero-order valence-corrected chi connectivity index (χ0v) is 38.6. The molecule has 1 aromatic heterocycles. The van der Waals surface area contributed by atoms with Gasteiger partial charge in [0.25, 0.3) is 29.5 Å². The summed E-state index contributed by atoms with van der Waals surface area (Å²) in [7, 11) is 0. The lowest BCUT2D eigenvalue weighted by molar-refractivity contribution is -0.215. The lowest BCUT2D eigenvalue weighted by Crippen LogP contribution is -2.58. The highest BCUT2D eigenvalue weighted by atomic mass is 19.4. The van der Waals surface area contributed by atoms with Gasteiger partial charge in [0.2, 0.25) is 36.8 Å². The van der Waals surface area contributed by atoms with Crippen LogP contribution < -0.4 is 88.6 Å². The van der Waals surface area contributed by atoms with Crippen molar-refractivity contribution in [3.8, 4) is 0 Å². The predicted octanol–water partition coefficient (Wildman–Crippen LogP) is -4.38. The predicted molar refractivity (Wildman–Crippen MR) is 255 cm³/mol. The first kappa shape index (κ1) is 58.6. The zero-order chi connectivity index (χ0) is 56.8. The molecule has 36 heteroatoms. The van der Waals surface area contributed by atoms with Crippen LogP contribution in [0.5, 0.6) is 0 Å². The van der Waals surface area contributed by atoms with Gasteiger partial charge in [0, 0.05) is 11.9 Å². The van der Waals surface area contributed by atoms with Crippen LogP contribution in [0.3, 0.4) is 0 Å². The molecule has 6 atom stereocenters. The first-order valence-corrected chi connectivity index (χ1v) is 20.9. The van der Waals surface area contributed by atoms with Gasteiger partial charge < -0.3 is 88.2 Å². The molecule has 0 radical (unpaired) electrons. The highest BCUT2D eigenvalue weighted by Crippen LogP contribution is 2.41. The number of amides is 6. The molecule has 1 heterocycles. The highest BCUT2D eigenvalue weighted by molar-refractivity contribution is 6.00. The van der Waals surface area contributed by atoms with E-state index in [0.29, 0.717) is 11.0 Å². The van der Waals surface area contributed by atoms with E-state index in [1.165, 1.54) is 54.6 Å². The van der Waals surface area contributed by atoms with Crippen molar-refractivity contribution < 1.29 is 70.5 Å². The Hall–Kier alpha value is -9.97. The molecule has 0 saturated heterocycles. The Kier molecular flexibility index (Phi) is 19.4. The number of aliphatic hydroxyl groups is 1. The summed E-state index contributed by atoms with van der Waals surface area (Å²) >= 11 is 0. The van der Waals surface area contributed by atoms with Gasteiger partial charge in [-0.25, -0.2) is 35.7 Å². The number of alkyl halides is 6. The summed E-state index contributed by atoms with van der Waals surface area (Å²) in [6.45, 7) is -0.760. The number of anilines is 2. The average Bonchev–Trinajstić information content (AvgIpc) is 3.32. The average molecular weight is 1080 g/mol. The second-order valence-electron chi connectivity index (χ2n) is 15.2. The lowest BCUT2D eigenvalue weighted by Gasteiger charge is -2.32. The minimum atomic E-state index is -5.40. The molecule has 76 heavy (non-hydrogen) atoms. The number of carbonyl (C=O) groups excluding carboxylic acids is 6. The third kappa shape index (κ3) is 16.3. The first-order chi connectivity index (χ1) is 35.5. The Morgan fingerprint density at radius 1 is 0.592 bits per heavy atom. The molecule has 6 amide bonds. The van der Waals surface area contributed by atoms with Gasteiger partial charge in [0.05, 0.1) is 22.5 Å². The number of aromatic nitrogens is 1. The Bertz CT molecular complexity index is 2900. The molecular weight excluding hydrogens is 1030 g/mol. The molecule has 4 rings (SSSR count). The van der Waals surface area contributed by atoms with Crippen molar-refractivity contribution in [1.82, 2.24) is 31.6 Å². The molecule has 0 fully saturated rings. The monoisotopic (exact) mass is 1080 g/mol. The van der Waals surface area contributed by atoms with Crippen LogP contribution in [0.2, 0.25) is 0 Å². The summed E-state index contributed by atoms with van der Waals surface area (Å²) in [6.07, 6.45) is -22.1. The zero-order valence-electron chi connectivity index (χ0n) is 38.6. The van der Waals surface area contributed by atoms with Gasteiger partial charge in [-0.05, 0) is 35.4 Å². The number of hydrogen-bond acceptors (Lipinski definition) is 16. The number of aliphatic imine (C=N–C) groups is 4. The topological polar surface area (TPSA) is 524 Å². The van der Waals surface area contributed by atoms with Crippen molar-refractivity contribution in [2.45, 2.75) is 55.8 Å². The van der Waals surface area contributed by atoms with Crippen LogP contribution in [0.25, 0.3) is 10.9 Å². The largest absolute Gasteiger partial charge is 0.433 e. The molecule has 0 aliphatic heterocycles. The second-order valence-corrected chi connectivity index (χ2v) is 15.2. The molecule has 6 unspecified atom stereocenters. The number of nitrogens with two attached hydrogens (primary N) is 9. The fourth-order valence-electron chi connectivity index (χ4n) is 6.47. The van der Waals surface area contributed by atoms with E-state index in [1.807, 2.05) is 16.0 Å². The minimum Gasteiger partial charge on any atom is -0.370 e. The molecule has 0 aliphatic carbocycles. The summed E-state index contributed by atoms with van der Waals surface area (Å²) in [5, 5.41) is 30.2. The maximum absolute atomic E-state index is 14.4. The molecule has 0 spiro atoms. The van der Waals surface area contributed by atoms with Crippen molar-refractivity contribution in [1.29, 1.82) is 0 Å². The summed E-state index contributed by atoms with van der Waals surface area (Å²) < 4.78 is 86.2. The number of primary amides is 1. The number of guanidine groups is 4. The van der Waals surface area contributed by atoms with Gasteiger partial charge in [-0.15, -0.1) is 4.99 Å². The molecule has 0 aliphatic rings. The molecule has 3 aromatic carbocycles. The molecule has 26 N–H and O–H groups in total. The van der Waals surface area contributed by atoms with Crippen molar-refractivity contribution in [3.05, 3.63) is 101 Å². The third-order valence-electron chi connectivity index (χ3n) is 9.65. The lowest BCUT2D eigenvalue weighted by atomic mass is 10.0. The number of para-hydroxylation sites is 1. The van der Waals surface area contributed by atoms with E-state index in [0.717, 1.165) is 12.1 Å². The Morgan fingerprint density at radius 2 is 1.07 bits per heavy atom.